The Labute approximate surface area is 182 Å². The highest BCUT2D eigenvalue weighted by Crippen LogP contribution is 2.66. The van der Waals surface area contributed by atoms with Gasteiger partial charge in [-0.2, -0.15) is 0 Å². The molecular weight excluding hydrogens is 348 g/mol. The van der Waals surface area contributed by atoms with E-state index in [0.717, 1.165) is 29.6 Å². The largest absolute Gasteiger partial charge is 0.0996 e. The lowest BCUT2D eigenvalue weighted by Crippen LogP contribution is -2.45. The van der Waals surface area contributed by atoms with Crippen LogP contribution in [0.3, 0.4) is 0 Å². The Hall–Kier alpha value is -0.520. The Morgan fingerprint density at radius 1 is 1.03 bits per heavy atom. The van der Waals surface area contributed by atoms with Crippen molar-refractivity contribution >= 4 is 0 Å². The van der Waals surface area contributed by atoms with E-state index < -0.39 is 0 Å². The molecule has 0 unspecified atom stereocenters. The van der Waals surface area contributed by atoms with Gasteiger partial charge in [-0.1, -0.05) is 77.7 Å². The third kappa shape index (κ3) is 3.49. The predicted octanol–water partition coefficient (Wildman–Crippen LogP) is 8.97. The monoisotopic (exact) mass is 396 g/mol. The summed E-state index contributed by atoms with van der Waals surface area (Å²) in [6.07, 6.45) is 15.8. The van der Waals surface area contributed by atoms with E-state index in [1.54, 1.807) is 0 Å². The van der Waals surface area contributed by atoms with E-state index in [4.69, 9.17) is 0 Å². The van der Waals surface area contributed by atoms with Crippen LogP contribution in [-0.4, -0.2) is 0 Å². The van der Waals surface area contributed by atoms with Gasteiger partial charge < -0.3 is 0 Å². The van der Waals surface area contributed by atoms with Crippen molar-refractivity contribution in [2.75, 3.05) is 0 Å². The van der Waals surface area contributed by atoms with Gasteiger partial charge in [0, 0.05) is 0 Å². The van der Waals surface area contributed by atoms with Crippen molar-refractivity contribution in [2.45, 2.75) is 112 Å². The zero-order valence-electron chi connectivity index (χ0n) is 20.4. The fourth-order valence-corrected chi connectivity index (χ4v) is 8.87. The summed E-state index contributed by atoms with van der Waals surface area (Å²) in [5.74, 6) is 5.24. The molecule has 29 heavy (non-hydrogen) atoms. The molecule has 0 heteroatoms. The molecule has 0 radical (unpaired) electrons. The first-order chi connectivity index (χ1) is 13.7. The normalized spacial score (nSPS) is 43.0. The Morgan fingerprint density at radius 3 is 2.52 bits per heavy atom. The number of hydrogen-bond acceptors (Lipinski definition) is 0. The van der Waals surface area contributed by atoms with Crippen molar-refractivity contribution in [1.82, 2.24) is 0 Å². The Morgan fingerprint density at radius 2 is 1.79 bits per heavy atom. The highest BCUT2D eigenvalue weighted by atomic mass is 14.6. The molecule has 164 valence electrons. The molecule has 4 rings (SSSR count). The van der Waals surface area contributed by atoms with E-state index in [1.807, 2.05) is 11.1 Å². The summed E-state index contributed by atoms with van der Waals surface area (Å²) in [5.41, 5.74) is 6.53. The predicted molar refractivity (Wildman–Crippen MR) is 127 cm³/mol. The topological polar surface area (TPSA) is 0 Å². The van der Waals surface area contributed by atoms with Crippen LogP contribution in [0.25, 0.3) is 0 Å². The molecule has 4 aliphatic carbocycles. The second kappa shape index (κ2) is 7.87. The molecule has 0 spiro atoms. The molecule has 0 aromatic heterocycles. The van der Waals surface area contributed by atoms with Gasteiger partial charge in [0.1, 0.15) is 0 Å². The van der Waals surface area contributed by atoms with Crippen LogP contribution in [0.15, 0.2) is 23.3 Å². The fraction of sp³-hybridized carbons (Fsp3) is 0.862. The maximum absolute atomic E-state index is 4.35. The van der Waals surface area contributed by atoms with Gasteiger partial charge in [0.15, 0.2) is 0 Å². The first-order valence-corrected chi connectivity index (χ1v) is 13.1. The molecule has 2 fully saturated rings. The van der Waals surface area contributed by atoms with E-state index in [0.29, 0.717) is 16.7 Å². The molecule has 0 heterocycles. The van der Waals surface area contributed by atoms with E-state index >= 15 is 0 Å². The number of fused-ring (bicyclic) bond motifs is 4. The van der Waals surface area contributed by atoms with E-state index in [9.17, 15) is 0 Å². The SMILES string of the molecule is C=C(CC[C@@H](C)[C@H]1CC[C@@H]2C3=C(CC[C@@]21C)[C@@]1(C)CCC[C@H](C)[C@H]1CC3)C(C)C. The Balaban J connectivity index is 1.54. The van der Waals surface area contributed by atoms with Crippen molar-refractivity contribution in [3.8, 4) is 0 Å². The van der Waals surface area contributed by atoms with Crippen LogP contribution < -0.4 is 0 Å². The van der Waals surface area contributed by atoms with Gasteiger partial charge in [-0.05, 0) is 104 Å². The molecule has 0 amide bonds. The zero-order chi connectivity index (χ0) is 21.0. The van der Waals surface area contributed by atoms with Gasteiger partial charge in [0.2, 0.25) is 0 Å². The van der Waals surface area contributed by atoms with Gasteiger partial charge in [-0.15, -0.1) is 0 Å². The Bertz CT molecular complexity index is 666. The lowest BCUT2D eigenvalue weighted by molar-refractivity contribution is 0.0440. The average molecular weight is 397 g/mol. The minimum atomic E-state index is 0.547. The first kappa shape index (κ1) is 21.7. The summed E-state index contributed by atoms with van der Waals surface area (Å²) < 4.78 is 0. The lowest BCUT2D eigenvalue weighted by atomic mass is 9.49. The summed E-state index contributed by atoms with van der Waals surface area (Å²) in [6, 6.07) is 0. The highest BCUT2D eigenvalue weighted by Gasteiger charge is 2.55. The van der Waals surface area contributed by atoms with Crippen LogP contribution in [-0.2, 0) is 0 Å². The first-order valence-electron chi connectivity index (χ1n) is 13.1. The molecule has 2 saturated carbocycles. The van der Waals surface area contributed by atoms with E-state index in [-0.39, 0.29) is 0 Å². The second-order valence-electron chi connectivity index (χ2n) is 12.5. The molecule has 0 nitrogen and oxygen atoms in total. The molecule has 0 aliphatic heterocycles. The smallest absolute Gasteiger partial charge is 0.00827 e. The standard InChI is InChI=1S/C29H48/c1-19(2)20(3)10-11-22(5)25-14-15-26-23-12-13-24-21(4)9-8-17-28(24,6)27(23)16-18-29(25,26)7/h19,21-22,24-26H,3,8-18H2,1-2,4-7H3/t21-,22+,24+,25+,26+,28-,29+/m0/s1. The van der Waals surface area contributed by atoms with Gasteiger partial charge in [-0.3, -0.25) is 0 Å². The molecule has 4 aliphatic rings. The van der Waals surface area contributed by atoms with Crippen LogP contribution in [0.1, 0.15) is 112 Å². The summed E-state index contributed by atoms with van der Waals surface area (Å²) in [6.45, 7) is 19.5. The maximum Gasteiger partial charge on any atom is -0.00827 e. The van der Waals surface area contributed by atoms with Crippen LogP contribution in [0, 0.1) is 46.3 Å². The maximum atomic E-state index is 4.35. The average Bonchev–Trinajstić information content (AvgIpc) is 3.03. The van der Waals surface area contributed by atoms with Crippen molar-refractivity contribution in [2.24, 2.45) is 46.3 Å². The number of rotatable bonds is 5. The van der Waals surface area contributed by atoms with Gasteiger partial charge in [0.05, 0.1) is 0 Å². The summed E-state index contributed by atoms with van der Waals surface area (Å²) in [7, 11) is 0. The highest BCUT2D eigenvalue weighted by molar-refractivity contribution is 5.34. The minimum Gasteiger partial charge on any atom is -0.0996 e. The lowest BCUT2D eigenvalue weighted by Gasteiger charge is -2.56. The molecule has 0 bridgehead atoms. The van der Waals surface area contributed by atoms with E-state index in [2.05, 4.69) is 48.1 Å². The van der Waals surface area contributed by atoms with Crippen LogP contribution in [0.4, 0.5) is 0 Å². The third-order valence-corrected chi connectivity index (χ3v) is 10.8. The Kier molecular flexibility index (Phi) is 5.89. The van der Waals surface area contributed by atoms with Crippen LogP contribution >= 0.6 is 0 Å². The van der Waals surface area contributed by atoms with Crippen LogP contribution in [0.2, 0.25) is 0 Å². The molecule has 0 N–H and O–H groups in total. The number of hydrogen-bond donors (Lipinski definition) is 0. The summed E-state index contributed by atoms with van der Waals surface area (Å²) in [4.78, 5) is 0. The van der Waals surface area contributed by atoms with Crippen molar-refractivity contribution < 1.29 is 0 Å². The molecule has 0 aromatic carbocycles. The fourth-order valence-electron chi connectivity index (χ4n) is 8.87. The minimum absolute atomic E-state index is 0.547. The zero-order valence-corrected chi connectivity index (χ0v) is 20.4. The van der Waals surface area contributed by atoms with Crippen molar-refractivity contribution in [1.29, 1.82) is 0 Å². The summed E-state index contributed by atoms with van der Waals surface area (Å²) in [5, 5.41) is 0. The van der Waals surface area contributed by atoms with Crippen molar-refractivity contribution in [3.63, 3.8) is 0 Å². The molecule has 7 atom stereocenters. The van der Waals surface area contributed by atoms with E-state index in [1.165, 1.54) is 76.2 Å². The van der Waals surface area contributed by atoms with Crippen LogP contribution in [0.5, 0.6) is 0 Å². The van der Waals surface area contributed by atoms with Gasteiger partial charge in [-0.25, -0.2) is 0 Å². The molecular formula is C29H48. The van der Waals surface area contributed by atoms with Gasteiger partial charge in [0.25, 0.3) is 0 Å². The summed E-state index contributed by atoms with van der Waals surface area (Å²) >= 11 is 0. The third-order valence-electron chi connectivity index (χ3n) is 10.8. The second-order valence-corrected chi connectivity index (χ2v) is 12.5. The van der Waals surface area contributed by atoms with Crippen molar-refractivity contribution in [3.05, 3.63) is 23.3 Å². The number of allylic oxidation sites excluding steroid dienone is 3. The molecule has 0 saturated heterocycles. The molecule has 0 aromatic rings. The van der Waals surface area contributed by atoms with Gasteiger partial charge >= 0.3 is 0 Å². The quantitative estimate of drug-likeness (QED) is 0.407.